The number of benzene rings is 2. The summed E-state index contributed by atoms with van der Waals surface area (Å²) in [6.45, 7) is 1.62. The first-order valence-electron chi connectivity index (χ1n) is 9.71. The number of fused-ring (bicyclic) bond motifs is 1. The molecule has 0 bridgehead atoms. The molecule has 0 spiro atoms. The molecule has 0 fully saturated rings. The van der Waals surface area contributed by atoms with Gasteiger partial charge in [-0.25, -0.2) is 4.98 Å². The Bertz CT molecular complexity index is 1260. The fourth-order valence-corrected chi connectivity index (χ4v) is 3.18. The molecule has 0 radical (unpaired) electrons. The zero-order chi connectivity index (χ0) is 21.8. The highest BCUT2D eigenvalue weighted by molar-refractivity contribution is 6.08. The van der Waals surface area contributed by atoms with Crippen LogP contribution in [0.4, 0.5) is 17.2 Å². The van der Waals surface area contributed by atoms with E-state index in [4.69, 9.17) is 5.11 Å². The standard InChI is InChI=1S/C24H20N4O3/c1-15(24(30)31)16-4-7-19(8-5-16)28-23(29)21-3-2-11-26-22(21)27-20-9-6-17-10-12-25-14-18(17)13-20/h2-15H,1H3,(H,26,27)(H,28,29)(H,30,31)/t15-/m1/s1. The molecule has 1 atom stereocenters. The van der Waals surface area contributed by atoms with Gasteiger partial charge in [0, 0.05) is 35.4 Å². The lowest BCUT2D eigenvalue weighted by atomic mass is 10.0. The monoisotopic (exact) mass is 412 g/mol. The smallest absolute Gasteiger partial charge is 0.310 e. The van der Waals surface area contributed by atoms with E-state index in [-0.39, 0.29) is 5.91 Å². The van der Waals surface area contributed by atoms with Crippen molar-refractivity contribution in [2.45, 2.75) is 12.8 Å². The van der Waals surface area contributed by atoms with E-state index in [1.807, 2.05) is 24.3 Å². The third-order valence-corrected chi connectivity index (χ3v) is 4.99. The van der Waals surface area contributed by atoms with Crippen LogP contribution in [0.5, 0.6) is 0 Å². The first kappa shape index (κ1) is 20.0. The summed E-state index contributed by atoms with van der Waals surface area (Å²) >= 11 is 0. The highest BCUT2D eigenvalue weighted by atomic mass is 16.4. The summed E-state index contributed by atoms with van der Waals surface area (Å²) in [5.74, 6) is -1.40. The van der Waals surface area contributed by atoms with Gasteiger partial charge in [0.1, 0.15) is 5.82 Å². The number of carboxylic acid groups (broad SMARTS) is 1. The highest BCUT2D eigenvalue weighted by Crippen LogP contribution is 2.24. The van der Waals surface area contributed by atoms with Gasteiger partial charge in [0.25, 0.3) is 5.91 Å². The second-order valence-corrected chi connectivity index (χ2v) is 7.10. The fraction of sp³-hybridized carbons (Fsp3) is 0.0833. The molecule has 0 aliphatic heterocycles. The average molecular weight is 412 g/mol. The minimum absolute atomic E-state index is 0.322. The zero-order valence-corrected chi connectivity index (χ0v) is 16.7. The van der Waals surface area contributed by atoms with Crippen LogP contribution in [0.3, 0.4) is 0 Å². The molecule has 0 aliphatic carbocycles. The molecule has 31 heavy (non-hydrogen) atoms. The van der Waals surface area contributed by atoms with Crippen LogP contribution in [0.2, 0.25) is 0 Å². The van der Waals surface area contributed by atoms with E-state index in [9.17, 15) is 9.59 Å². The molecule has 2 aromatic heterocycles. The summed E-state index contributed by atoms with van der Waals surface area (Å²) < 4.78 is 0. The van der Waals surface area contributed by atoms with Crippen LogP contribution in [0.1, 0.15) is 28.8 Å². The van der Waals surface area contributed by atoms with Crippen molar-refractivity contribution in [3.8, 4) is 0 Å². The number of aromatic nitrogens is 2. The van der Waals surface area contributed by atoms with Gasteiger partial charge >= 0.3 is 5.97 Å². The largest absolute Gasteiger partial charge is 0.481 e. The lowest BCUT2D eigenvalue weighted by Gasteiger charge is -2.12. The topological polar surface area (TPSA) is 104 Å². The molecule has 2 heterocycles. The van der Waals surface area contributed by atoms with Gasteiger partial charge in [-0.3, -0.25) is 14.6 Å². The number of hydrogen-bond acceptors (Lipinski definition) is 5. The predicted molar refractivity (Wildman–Crippen MR) is 120 cm³/mol. The third kappa shape index (κ3) is 4.51. The number of nitrogens with zero attached hydrogens (tertiary/aromatic N) is 2. The normalized spacial score (nSPS) is 11.6. The van der Waals surface area contributed by atoms with E-state index in [0.29, 0.717) is 22.6 Å². The molecule has 0 saturated heterocycles. The number of aliphatic carboxylic acids is 1. The van der Waals surface area contributed by atoms with Gasteiger partial charge in [0.15, 0.2) is 0 Å². The van der Waals surface area contributed by atoms with Gasteiger partial charge in [-0.05, 0) is 60.3 Å². The van der Waals surface area contributed by atoms with E-state index in [0.717, 1.165) is 16.5 Å². The van der Waals surface area contributed by atoms with Crippen LogP contribution >= 0.6 is 0 Å². The molecule has 1 amide bonds. The number of anilines is 3. The number of carbonyl (C=O) groups excluding carboxylic acids is 1. The Balaban J connectivity index is 1.53. The Morgan fingerprint density at radius 1 is 0.935 bits per heavy atom. The molecule has 2 aromatic carbocycles. The third-order valence-electron chi connectivity index (χ3n) is 4.99. The van der Waals surface area contributed by atoms with E-state index < -0.39 is 11.9 Å². The summed E-state index contributed by atoms with van der Waals surface area (Å²) in [5.41, 5.74) is 2.41. The van der Waals surface area contributed by atoms with Crippen molar-refractivity contribution in [2.75, 3.05) is 10.6 Å². The van der Waals surface area contributed by atoms with Crippen LogP contribution in [0.15, 0.2) is 79.3 Å². The van der Waals surface area contributed by atoms with Crippen LogP contribution in [-0.4, -0.2) is 27.0 Å². The maximum atomic E-state index is 12.9. The van der Waals surface area contributed by atoms with Crippen molar-refractivity contribution in [3.63, 3.8) is 0 Å². The molecular formula is C24H20N4O3. The van der Waals surface area contributed by atoms with Crippen molar-refractivity contribution in [3.05, 3.63) is 90.4 Å². The minimum Gasteiger partial charge on any atom is -0.481 e. The van der Waals surface area contributed by atoms with E-state index in [2.05, 4.69) is 20.6 Å². The second kappa shape index (κ2) is 8.62. The summed E-state index contributed by atoms with van der Waals surface area (Å²) in [4.78, 5) is 32.5. The van der Waals surface area contributed by atoms with Gasteiger partial charge < -0.3 is 15.7 Å². The molecule has 7 heteroatoms. The fourth-order valence-electron chi connectivity index (χ4n) is 3.18. The molecule has 0 unspecified atom stereocenters. The van der Waals surface area contributed by atoms with Gasteiger partial charge in [0.05, 0.1) is 11.5 Å². The lowest BCUT2D eigenvalue weighted by Crippen LogP contribution is -2.15. The highest BCUT2D eigenvalue weighted by Gasteiger charge is 2.15. The maximum absolute atomic E-state index is 12.9. The number of hydrogen-bond donors (Lipinski definition) is 3. The molecule has 7 nitrogen and oxygen atoms in total. The van der Waals surface area contributed by atoms with Crippen molar-refractivity contribution < 1.29 is 14.7 Å². The predicted octanol–water partition coefficient (Wildman–Crippen LogP) is 4.81. The van der Waals surface area contributed by atoms with Gasteiger partial charge in [-0.15, -0.1) is 0 Å². The Morgan fingerprint density at radius 3 is 2.48 bits per heavy atom. The Kier molecular flexibility index (Phi) is 5.57. The van der Waals surface area contributed by atoms with Crippen molar-refractivity contribution in [2.24, 2.45) is 0 Å². The van der Waals surface area contributed by atoms with Crippen LogP contribution < -0.4 is 10.6 Å². The molecule has 0 saturated carbocycles. The van der Waals surface area contributed by atoms with Crippen molar-refractivity contribution in [1.29, 1.82) is 0 Å². The van der Waals surface area contributed by atoms with Gasteiger partial charge in [-0.2, -0.15) is 0 Å². The zero-order valence-electron chi connectivity index (χ0n) is 16.7. The van der Waals surface area contributed by atoms with Crippen molar-refractivity contribution in [1.82, 2.24) is 9.97 Å². The number of pyridine rings is 2. The van der Waals surface area contributed by atoms with E-state index in [1.54, 1.807) is 61.9 Å². The first-order valence-corrected chi connectivity index (χ1v) is 9.71. The molecule has 4 aromatic rings. The number of carbonyl (C=O) groups is 2. The first-order chi connectivity index (χ1) is 15.0. The summed E-state index contributed by atoms with van der Waals surface area (Å²) in [5, 5.41) is 17.2. The Labute approximate surface area is 178 Å². The van der Waals surface area contributed by atoms with Gasteiger partial charge in [-0.1, -0.05) is 18.2 Å². The molecule has 154 valence electrons. The van der Waals surface area contributed by atoms with Crippen LogP contribution in [0.25, 0.3) is 10.8 Å². The number of rotatable bonds is 6. The average Bonchev–Trinajstić information content (AvgIpc) is 2.79. The Morgan fingerprint density at radius 2 is 1.71 bits per heavy atom. The molecule has 4 rings (SSSR count). The quantitative estimate of drug-likeness (QED) is 0.420. The van der Waals surface area contributed by atoms with E-state index >= 15 is 0 Å². The minimum atomic E-state index is -0.896. The number of nitrogens with one attached hydrogen (secondary N) is 2. The van der Waals surface area contributed by atoms with Crippen LogP contribution in [0, 0.1) is 0 Å². The van der Waals surface area contributed by atoms with E-state index in [1.165, 1.54) is 0 Å². The summed E-state index contributed by atoms with van der Waals surface area (Å²) in [6, 6.07) is 17.9. The number of amides is 1. The molecule has 3 N–H and O–H groups in total. The molecule has 0 aliphatic rings. The summed E-state index contributed by atoms with van der Waals surface area (Å²) in [7, 11) is 0. The number of carboxylic acids is 1. The lowest BCUT2D eigenvalue weighted by molar-refractivity contribution is -0.138. The summed E-state index contributed by atoms with van der Waals surface area (Å²) in [6.07, 6.45) is 5.14. The Hall–Kier alpha value is -4.26. The molecular weight excluding hydrogens is 392 g/mol. The van der Waals surface area contributed by atoms with Crippen LogP contribution in [-0.2, 0) is 4.79 Å². The van der Waals surface area contributed by atoms with Gasteiger partial charge in [0.2, 0.25) is 0 Å². The maximum Gasteiger partial charge on any atom is 0.310 e. The van der Waals surface area contributed by atoms with Crippen molar-refractivity contribution >= 4 is 39.8 Å². The SMILES string of the molecule is C[C@@H](C(=O)O)c1ccc(NC(=O)c2cccnc2Nc2ccc3ccncc3c2)cc1. The second-order valence-electron chi connectivity index (χ2n) is 7.10.